The number of benzene rings is 1. The molecule has 22 heavy (non-hydrogen) atoms. The van der Waals surface area contributed by atoms with E-state index in [1.54, 1.807) is 6.92 Å². The van der Waals surface area contributed by atoms with Crippen molar-refractivity contribution in [2.45, 2.75) is 24.4 Å². The number of nitrogens with zero attached hydrogens (tertiary/aromatic N) is 1. The molecular formula is C12H13F4NO4S. The topological polar surface area (TPSA) is 74.7 Å². The fourth-order valence-corrected chi connectivity index (χ4v) is 3.24. The number of carboxylic acid groups (broad SMARTS) is 1. The van der Waals surface area contributed by atoms with Gasteiger partial charge in [-0.25, -0.2) is 12.8 Å². The highest BCUT2D eigenvalue weighted by Crippen LogP contribution is 2.31. The van der Waals surface area contributed by atoms with E-state index < -0.39 is 45.0 Å². The predicted octanol–water partition coefficient (Wildman–Crippen LogP) is 2.33. The van der Waals surface area contributed by atoms with Crippen LogP contribution in [0.15, 0.2) is 23.1 Å². The van der Waals surface area contributed by atoms with Crippen LogP contribution in [0.4, 0.5) is 17.6 Å². The molecule has 1 N–H and O–H groups in total. The van der Waals surface area contributed by atoms with Gasteiger partial charge in [0.15, 0.2) is 0 Å². The molecule has 0 heterocycles. The number of hydrogen-bond acceptors (Lipinski definition) is 3. The van der Waals surface area contributed by atoms with Gasteiger partial charge in [-0.2, -0.15) is 17.5 Å². The quantitative estimate of drug-likeness (QED) is 0.805. The summed E-state index contributed by atoms with van der Waals surface area (Å²) in [5, 5.41) is 8.69. The Morgan fingerprint density at radius 3 is 2.32 bits per heavy atom. The second-order valence-electron chi connectivity index (χ2n) is 4.38. The number of hydrogen-bond donors (Lipinski definition) is 1. The number of alkyl halides is 3. The van der Waals surface area contributed by atoms with Gasteiger partial charge in [0.05, 0.1) is 5.56 Å². The largest absolute Gasteiger partial charge is 0.480 e. The van der Waals surface area contributed by atoms with Gasteiger partial charge in [-0.15, -0.1) is 0 Å². The Labute approximate surface area is 124 Å². The minimum atomic E-state index is -4.81. The van der Waals surface area contributed by atoms with Crippen LogP contribution in [0.5, 0.6) is 0 Å². The zero-order chi connectivity index (χ0) is 17.1. The molecule has 0 aliphatic heterocycles. The molecule has 0 radical (unpaired) electrons. The lowest BCUT2D eigenvalue weighted by Crippen LogP contribution is -2.36. The third-order valence-corrected chi connectivity index (χ3v) is 4.54. The molecule has 1 aromatic rings. The van der Waals surface area contributed by atoms with E-state index in [1.165, 1.54) is 0 Å². The van der Waals surface area contributed by atoms with Crippen LogP contribution in [0, 0.1) is 5.82 Å². The molecule has 0 atom stereocenters. The predicted molar refractivity (Wildman–Crippen MR) is 68.1 cm³/mol. The first-order chi connectivity index (χ1) is 10.00. The van der Waals surface area contributed by atoms with E-state index in [0.717, 1.165) is 0 Å². The Balaban J connectivity index is 3.29. The number of rotatable bonds is 6. The van der Waals surface area contributed by atoms with Crippen molar-refractivity contribution in [1.82, 2.24) is 4.31 Å². The van der Waals surface area contributed by atoms with Crippen molar-refractivity contribution in [2.24, 2.45) is 0 Å². The summed E-state index contributed by atoms with van der Waals surface area (Å²) in [5.74, 6) is -3.04. The highest BCUT2D eigenvalue weighted by molar-refractivity contribution is 7.89. The number of halogens is 4. The SMILES string of the molecule is CCCN(CC(=O)O)S(=O)(=O)c1ccc(C(F)(F)F)cc1F. The maximum atomic E-state index is 13.8. The monoisotopic (exact) mass is 343 g/mol. The van der Waals surface area contributed by atoms with Crippen LogP contribution in [-0.2, 0) is 21.0 Å². The van der Waals surface area contributed by atoms with Crippen molar-refractivity contribution in [3.05, 3.63) is 29.6 Å². The normalized spacial score (nSPS) is 12.6. The molecule has 0 unspecified atom stereocenters. The molecule has 0 bridgehead atoms. The number of carbonyl (C=O) groups is 1. The van der Waals surface area contributed by atoms with E-state index in [-0.39, 0.29) is 19.0 Å². The van der Waals surface area contributed by atoms with Gasteiger partial charge in [-0.3, -0.25) is 4.79 Å². The number of sulfonamides is 1. The van der Waals surface area contributed by atoms with Crippen LogP contribution in [-0.4, -0.2) is 36.9 Å². The summed E-state index contributed by atoms with van der Waals surface area (Å²) >= 11 is 0. The molecule has 0 aliphatic rings. The van der Waals surface area contributed by atoms with E-state index in [9.17, 15) is 30.8 Å². The van der Waals surface area contributed by atoms with Crippen LogP contribution in [0.25, 0.3) is 0 Å². The maximum absolute atomic E-state index is 13.8. The fourth-order valence-electron chi connectivity index (χ4n) is 1.71. The molecule has 0 aliphatic carbocycles. The third kappa shape index (κ3) is 4.17. The third-order valence-electron chi connectivity index (χ3n) is 2.66. The number of aliphatic carboxylic acids is 1. The number of carboxylic acids is 1. The molecule has 0 saturated heterocycles. The van der Waals surface area contributed by atoms with Gasteiger partial charge in [0, 0.05) is 6.54 Å². The van der Waals surface area contributed by atoms with Crippen molar-refractivity contribution in [3.8, 4) is 0 Å². The molecule has 0 saturated carbocycles. The van der Waals surface area contributed by atoms with Crippen LogP contribution in [0.1, 0.15) is 18.9 Å². The lowest BCUT2D eigenvalue weighted by molar-refractivity contribution is -0.138. The summed E-state index contributed by atoms with van der Waals surface area (Å²) in [6, 6.07) is 0.983. The minimum Gasteiger partial charge on any atom is -0.480 e. The summed E-state index contributed by atoms with van der Waals surface area (Å²) in [6.45, 7) is 0.471. The highest BCUT2D eigenvalue weighted by atomic mass is 32.2. The van der Waals surface area contributed by atoms with Gasteiger partial charge in [0.2, 0.25) is 10.0 Å². The minimum absolute atomic E-state index is 0.0672. The Hall–Kier alpha value is -1.68. The van der Waals surface area contributed by atoms with Crippen molar-refractivity contribution >= 4 is 16.0 Å². The van der Waals surface area contributed by atoms with E-state index in [0.29, 0.717) is 16.4 Å². The summed E-state index contributed by atoms with van der Waals surface area (Å²) in [7, 11) is -4.54. The molecule has 0 aromatic heterocycles. The summed E-state index contributed by atoms with van der Waals surface area (Å²) in [4.78, 5) is 9.69. The highest BCUT2D eigenvalue weighted by Gasteiger charge is 2.34. The summed E-state index contributed by atoms with van der Waals surface area (Å²) < 4.78 is 76.0. The average molecular weight is 343 g/mol. The maximum Gasteiger partial charge on any atom is 0.416 e. The van der Waals surface area contributed by atoms with Gasteiger partial charge in [0.1, 0.15) is 17.3 Å². The average Bonchev–Trinajstić information content (AvgIpc) is 2.36. The van der Waals surface area contributed by atoms with Gasteiger partial charge < -0.3 is 5.11 Å². The molecule has 1 aromatic carbocycles. The first kappa shape index (κ1) is 18.4. The molecule has 0 fully saturated rings. The second kappa shape index (κ2) is 6.61. The van der Waals surface area contributed by atoms with E-state index in [1.807, 2.05) is 0 Å². The van der Waals surface area contributed by atoms with Crippen LogP contribution in [0.2, 0.25) is 0 Å². The molecule has 124 valence electrons. The Morgan fingerprint density at radius 1 is 1.32 bits per heavy atom. The second-order valence-corrected chi connectivity index (χ2v) is 6.28. The van der Waals surface area contributed by atoms with Crippen molar-refractivity contribution < 1.29 is 35.9 Å². The summed E-state index contributed by atoms with van der Waals surface area (Å²) in [5.41, 5.74) is -1.33. The smallest absolute Gasteiger partial charge is 0.416 e. The van der Waals surface area contributed by atoms with Crippen LogP contribution < -0.4 is 0 Å². The van der Waals surface area contributed by atoms with Crippen molar-refractivity contribution in [3.63, 3.8) is 0 Å². The van der Waals surface area contributed by atoms with Gasteiger partial charge in [-0.05, 0) is 24.6 Å². The van der Waals surface area contributed by atoms with E-state index in [2.05, 4.69) is 0 Å². The molecule has 10 heteroatoms. The Bertz CT molecular complexity index is 658. The zero-order valence-corrected chi connectivity index (χ0v) is 12.2. The van der Waals surface area contributed by atoms with Gasteiger partial charge in [0.25, 0.3) is 0 Å². The van der Waals surface area contributed by atoms with Crippen molar-refractivity contribution in [2.75, 3.05) is 13.1 Å². The van der Waals surface area contributed by atoms with E-state index >= 15 is 0 Å². The molecular weight excluding hydrogens is 330 g/mol. The first-order valence-corrected chi connectivity index (χ1v) is 7.52. The standard InChI is InChI=1S/C12H13F4NO4S/c1-2-5-17(7-11(18)19)22(20,21)10-4-3-8(6-9(10)13)12(14,15)16/h3-4,6H,2,5,7H2,1H3,(H,18,19). The molecule has 0 amide bonds. The van der Waals surface area contributed by atoms with Crippen LogP contribution >= 0.6 is 0 Å². The van der Waals surface area contributed by atoms with Gasteiger partial charge >= 0.3 is 12.1 Å². The molecule has 0 spiro atoms. The Kier molecular flexibility index (Phi) is 5.52. The first-order valence-electron chi connectivity index (χ1n) is 6.08. The van der Waals surface area contributed by atoms with E-state index in [4.69, 9.17) is 5.11 Å². The lowest BCUT2D eigenvalue weighted by atomic mass is 10.2. The lowest BCUT2D eigenvalue weighted by Gasteiger charge is -2.20. The Morgan fingerprint density at radius 2 is 1.91 bits per heavy atom. The molecule has 1 rings (SSSR count). The van der Waals surface area contributed by atoms with Crippen LogP contribution in [0.3, 0.4) is 0 Å². The summed E-state index contributed by atoms with van der Waals surface area (Å²) in [6.07, 6.45) is -4.55. The van der Waals surface area contributed by atoms with Gasteiger partial charge in [-0.1, -0.05) is 6.92 Å². The fraction of sp³-hybridized carbons (Fsp3) is 0.417. The molecule has 5 nitrogen and oxygen atoms in total. The zero-order valence-electron chi connectivity index (χ0n) is 11.4. The van der Waals surface area contributed by atoms with Crippen molar-refractivity contribution in [1.29, 1.82) is 0 Å².